The van der Waals surface area contributed by atoms with E-state index in [0.29, 0.717) is 23.3 Å². The van der Waals surface area contributed by atoms with E-state index in [2.05, 4.69) is 10.3 Å². The van der Waals surface area contributed by atoms with E-state index in [-0.39, 0.29) is 12.5 Å². The van der Waals surface area contributed by atoms with Gasteiger partial charge in [0.25, 0.3) is 5.91 Å². The summed E-state index contributed by atoms with van der Waals surface area (Å²) in [7, 11) is 0. The Morgan fingerprint density at radius 2 is 1.80 bits per heavy atom. The average molecular weight is 351 g/mol. The highest BCUT2D eigenvalue weighted by Crippen LogP contribution is 2.29. The minimum absolute atomic E-state index is 0.256. The molecule has 0 aliphatic heterocycles. The normalized spacial score (nSPS) is 11.7. The van der Waals surface area contributed by atoms with Crippen molar-refractivity contribution in [3.05, 3.63) is 71.4 Å². The molecular formula is C17H13F4N3O. The fourth-order valence-electron chi connectivity index (χ4n) is 2.34. The van der Waals surface area contributed by atoms with E-state index in [9.17, 15) is 22.4 Å². The van der Waals surface area contributed by atoms with Gasteiger partial charge in [0, 0.05) is 30.9 Å². The van der Waals surface area contributed by atoms with Crippen LogP contribution in [0.1, 0.15) is 21.6 Å². The van der Waals surface area contributed by atoms with Gasteiger partial charge < -0.3 is 9.72 Å². The van der Waals surface area contributed by atoms with Crippen LogP contribution >= 0.6 is 0 Å². The van der Waals surface area contributed by atoms with Crippen LogP contribution in [0.3, 0.4) is 0 Å². The molecule has 3 aromatic rings. The van der Waals surface area contributed by atoms with E-state index in [1.54, 1.807) is 0 Å². The number of carbonyl (C=O) groups excluding carboxylic acids is 1. The number of hydrogen-bond donors (Lipinski definition) is 1. The van der Waals surface area contributed by atoms with Crippen molar-refractivity contribution < 1.29 is 22.4 Å². The van der Waals surface area contributed by atoms with Crippen LogP contribution < -0.4 is 5.32 Å². The van der Waals surface area contributed by atoms with Crippen molar-refractivity contribution in [3.63, 3.8) is 0 Å². The van der Waals surface area contributed by atoms with Crippen LogP contribution in [0.25, 0.3) is 5.65 Å². The largest absolute Gasteiger partial charge is 0.417 e. The Hall–Kier alpha value is -2.90. The average Bonchev–Trinajstić information content (AvgIpc) is 2.96. The topological polar surface area (TPSA) is 46.4 Å². The maximum atomic E-state index is 12.8. The summed E-state index contributed by atoms with van der Waals surface area (Å²) < 4.78 is 52.2. The Morgan fingerprint density at radius 1 is 1.08 bits per heavy atom. The van der Waals surface area contributed by atoms with Crippen LogP contribution in [-0.2, 0) is 12.6 Å². The minimum Gasteiger partial charge on any atom is -0.352 e. The fourth-order valence-corrected chi connectivity index (χ4v) is 2.34. The lowest BCUT2D eigenvalue weighted by Gasteiger charge is -2.05. The second-order valence-electron chi connectivity index (χ2n) is 5.43. The second kappa shape index (κ2) is 6.54. The number of alkyl halides is 3. The molecule has 1 aromatic carbocycles. The molecule has 0 saturated carbocycles. The molecule has 4 nitrogen and oxygen atoms in total. The SMILES string of the molecule is O=C(NCCc1cn2cc(C(F)(F)F)ccc2n1)c1ccc(F)cc1. The Kier molecular flexibility index (Phi) is 4.43. The number of nitrogens with one attached hydrogen (secondary N) is 1. The van der Waals surface area contributed by atoms with E-state index in [1.165, 1.54) is 40.9 Å². The van der Waals surface area contributed by atoms with Crippen molar-refractivity contribution in [1.29, 1.82) is 0 Å². The molecule has 0 radical (unpaired) electrons. The molecule has 0 unspecified atom stereocenters. The summed E-state index contributed by atoms with van der Waals surface area (Å²) in [5, 5.41) is 2.66. The highest BCUT2D eigenvalue weighted by atomic mass is 19.4. The number of pyridine rings is 1. The molecule has 8 heteroatoms. The summed E-state index contributed by atoms with van der Waals surface area (Å²) >= 11 is 0. The lowest BCUT2D eigenvalue weighted by Crippen LogP contribution is -2.25. The van der Waals surface area contributed by atoms with E-state index in [0.717, 1.165) is 12.3 Å². The molecule has 0 fully saturated rings. The number of halogens is 4. The van der Waals surface area contributed by atoms with E-state index < -0.39 is 17.6 Å². The number of imidazole rings is 1. The first-order valence-corrected chi connectivity index (χ1v) is 7.41. The number of nitrogens with zero attached hydrogens (tertiary/aromatic N) is 2. The smallest absolute Gasteiger partial charge is 0.352 e. The summed E-state index contributed by atoms with van der Waals surface area (Å²) in [5.41, 5.74) is 0.520. The molecule has 0 spiro atoms. The summed E-state index contributed by atoms with van der Waals surface area (Å²) in [6.07, 6.45) is -1.59. The molecule has 0 aliphatic carbocycles. The zero-order chi connectivity index (χ0) is 18.0. The molecule has 130 valence electrons. The Balaban J connectivity index is 1.63. The predicted octanol–water partition coefficient (Wildman–Crippen LogP) is 3.46. The molecule has 0 aliphatic rings. The number of benzene rings is 1. The highest BCUT2D eigenvalue weighted by Gasteiger charge is 2.30. The lowest BCUT2D eigenvalue weighted by molar-refractivity contribution is -0.137. The summed E-state index contributed by atoms with van der Waals surface area (Å²) in [5.74, 6) is -0.789. The summed E-state index contributed by atoms with van der Waals surface area (Å²) in [6.45, 7) is 0.256. The van der Waals surface area contributed by atoms with Gasteiger partial charge >= 0.3 is 6.18 Å². The third kappa shape index (κ3) is 3.96. The number of carbonyl (C=O) groups is 1. The van der Waals surface area contributed by atoms with Crippen LogP contribution in [0.15, 0.2) is 48.8 Å². The molecule has 0 atom stereocenters. The first-order chi connectivity index (χ1) is 11.8. The number of aromatic nitrogens is 2. The molecule has 0 saturated heterocycles. The monoisotopic (exact) mass is 351 g/mol. The quantitative estimate of drug-likeness (QED) is 0.732. The molecule has 2 aromatic heterocycles. The van der Waals surface area contributed by atoms with Gasteiger partial charge in [-0.05, 0) is 36.4 Å². The Labute approximate surface area is 140 Å². The van der Waals surface area contributed by atoms with Crippen molar-refractivity contribution in [1.82, 2.24) is 14.7 Å². The maximum absolute atomic E-state index is 12.8. The number of hydrogen-bond acceptors (Lipinski definition) is 2. The second-order valence-corrected chi connectivity index (χ2v) is 5.43. The molecule has 2 heterocycles. The fraction of sp³-hybridized carbons (Fsp3) is 0.176. The van der Waals surface area contributed by atoms with Gasteiger partial charge in [-0.25, -0.2) is 9.37 Å². The van der Waals surface area contributed by atoms with Crippen molar-refractivity contribution in [2.75, 3.05) is 6.54 Å². The van der Waals surface area contributed by atoms with Gasteiger partial charge in [0.1, 0.15) is 11.5 Å². The molecule has 1 amide bonds. The van der Waals surface area contributed by atoms with Crippen molar-refractivity contribution in [3.8, 4) is 0 Å². The van der Waals surface area contributed by atoms with Gasteiger partial charge in [-0.1, -0.05) is 0 Å². The van der Waals surface area contributed by atoms with E-state index in [4.69, 9.17) is 0 Å². The van der Waals surface area contributed by atoms with Crippen LogP contribution in [0, 0.1) is 5.82 Å². The molecule has 25 heavy (non-hydrogen) atoms. The van der Waals surface area contributed by atoms with Gasteiger partial charge in [0.05, 0.1) is 11.3 Å². The summed E-state index contributed by atoms with van der Waals surface area (Å²) in [4.78, 5) is 16.1. The van der Waals surface area contributed by atoms with Gasteiger partial charge in [0.2, 0.25) is 0 Å². The zero-order valence-electron chi connectivity index (χ0n) is 12.8. The first-order valence-electron chi connectivity index (χ1n) is 7.41. The third-order valence-corrected chi connectivity index (χ3v) is 3.60. The zero-order valence-corrected chi connectivity index (χ0v) is 12.8. The van der Waals surface area contributed by atoms with Crippen LogP contribution in [0.2, 0.25) is 0 Å². The van der Waals surface area contributed by atoms with E-state index in [1.807, 2.05) is 0 Å². The van der Waals surface area contributed by atoms with Gasteiger partial charge in [0.15, 0.2) is 0 Å². The predicted molar refractivity (Wildman–Crippen MR) is 82.6 cm³/mol. The van der Waals surface area contributed by atoms with Crippen LogP contribution in [0.5, 0.6) is 0 Å². The van der Waals surface area contributed by atoms with Gasteiger partial charge in [-0.3, -0.25) is 4.79 Å². The Bertz CT molecular complexity index is 900. The standard InChI is InChI=1S/C17H13F4N3O/c18-13-4-1-11(2-5-13)16(25)22-8-7-14-10-24-9-12(17(19,20)21)3-6-15(24)23-14/h1-6,9-10H,7-8H2,(H,22,25). The number of fused-ring (bicyclic) bond motifs is 1. The van der Waals surface area contributed by atoms with Crippen LogP contribution in [-0.4, -0.2) is 21.8 Å². The van der Waals surface area contributed by atoms with Gasteiger partial charge in [-0.2, -0.15) is 13.2 Å². The third-order valence-electron chi connectivity index (χ3n) is 3.60. The lowest BCUT2D eigenvalue weighted by atomic mass is 10.2. The van der Waals surface area contributed by atoms with Crippen molar-refractivity contribution in [2.45, 2.75) is 12.6 Å². The van der Waals surface area contributed by atoms with Gasteiger partial charge in [-0.15, -0.1) is 0 Å². The maximum Gasteiger partial charge on any atom is 0.417 e. The molecular weight excluding hydrogens is 338 g/mol. The Morgan fingerprint density at radius 3 is 2.48 bits per heavy atom. The highest BCUT2D eigenvalue weighted by molar-refractivity contribution is 5.94. The number of amides is 1. The molecule has 0 bridgehead atoms. The van der Waals surface area contributed by atoms with Crippen molar-refractivity contribution >= 4 is 11.6 Å². The van der Waals surface area contributed by atoms with Crippen LogP contribution in [0.4, 0.5) is 17.6 Å². The molecule has 3 rings (SSSR count). The minimum atomic E-state index is -4.41. The summed E-state index contributed by atoms with van der Waals surface area (Å²) in [6, 6.07) is 7.39. The van der Waals surface area contributed by atoms with Crippen molar-refractivity contribution in [2.24, 2.45) is 0 Å². The molecule has 1 N–H and O–H groups in total. The van der Waals surface area contributed by atoms with E-state index >= 15 is 0 Å². The number of rotatable bonds is 4. The first kappa shape index (κ1) is 16.9.